The van der Waals surface area contributed by atoms with E-state index in [4.69, 9.17) is 0 Å². The van der Waals surface area contributed by atoms with E-state index in [2.05, 4.69) is 5.32 Å². The molecule has 5 nitrogen and oxygen atoms in total. The van der Waals surface area contributed by atoms with Crippen LogP contribution < -0.4 is 5.32 Å². The summed E-state index contributed by atoms with van der Waals surface area (Å²) in [6, 6.07) is 17.8. The van der Waals surface area contributed by atoms with Crippen LogP contribution in [-0.2, 0) is 10.3 Å². The Balaban J connectivity index is 1.86. The molecule has 2 aromatic rings. The predicted molar refractivity (Wildman–Crippen MR) is 90.1 cm³/mol. The molecular weight excluding hydrogens is 304 g/mol. The van der Waals surface area contributed by atoms with Gasteiger partial charge in [0.05, 0.1) is 12.6 Å². The molecule has 0 unspecified atom stereocenters. The fourth-order valence-corrected chi connectivity index (χ4v) is 3.11. The summed E-state index contributed by atoms with van der Waals surface area (Å²) in [4.78, 5) is 26.5. The highest BCUT2D eigenvalue weighted by atomic mass is 16.3. The molecule has 5 heteroatoms. The van der Waals surface area contributed by atoms with Gasteiger partial charge in [-0.05, 0) is 17.5 Å². The molecule has 24 heavy (non-hydrogen) atoms. The van der Waals surface area contributed by atoms with Crippen molar-refractivity contribution in [3.8, 4) is 0 Å². The van der Waals surface area contributed by atoms with E-state index < -0.39 is 17.7 Å². The molecule has 0 spiro atoms. The summed E-state index contributed by atoms with van der Waals surface area (Å²) >= 11 is 0. The van der Waals surface area contributed by atoms with E-state index in [1.54, 1.807) is 12.1 Å². The van der Waals surface area contributed by atoms with Crippen molar-refractivity contribution in [1.29, 1.82) is 0 Å². The first-order valence-electron chi connectivity index (χ1n) is 8.01. The number of aliphatic hydroxyl groups is 1. The van der Waals surface area contributed by atoms with Crippen molar-refractivity contribution in [2.24, 2.45) is 0 Å². The van der Waals surface area contributed by atoms with Gasteiger partial charge in [0.2, 0.25) is 0 Å². The number of rotatable bonds is 5. The van der Waals surface area contributed by atoms with Gasteiger partial charge in [-0.15, -0.1) is 0 Å². The fourth-order valence-electron chi connectivity index (χ4n) is 3.11. The van der Waals surface area contributed by atoms with Crippen LogP contribution in [0.3, 0.4) is 0 Å². The molecule has 2 N–H and O–H groups in total. The maximum absolute atomic E-state index is 13.0. The molecule has 0 bridgehead atoms. The number of imide groups is 1. The van der Waals surface area contributed by atoms with E-state index in [1.807, 2.05) is 55.5 Å². The molecule has 1 heterocycles. The Kier molecular flexibility index (Phi) is 4.36. The Labute approximate surface area is 140 Å². The van der Waals surface area contributed by atoms with Crippen molar-refractivity contribution in [2.75, 3.05) is 6.54 Å². The SMILES string of the molecule is CC[C@]1(c2ccccc2)NC(=O)N(C[C@H](O)c2ccccc2)C1=O. The summed E-state index contributed by atoms with van der Waals surface area (Å²) in [5.41, 5.74) is 0.365. The molecule has 124 valence electrons. The second-order valence-corrected chi connectivity index (χ2v) is 5.90. The maximum atomic E-state index is 13.0. The van der Waals surface area contributed by atoms with Gasteiger partial charge in [0.25, 0.3) is 5.91 Å². The summed E-state index contributed by atoms with van der Waals surface area (Å²) in [6.45, 7) is 1.80. The number of benzene rings is 2. The number of aliphatic hydroxyl groups excluding tert-OH is 1. The number of hydrogen-bond acceptors (Lipinski definition) is 3. The van der Waals surface area contributed by atoms with E-state index in [0.29, 0.717) is 12.0 Å². The van der Waals surface area contributed by atoms with Crippen LogP contribution >= 0.6 is 0 Å². The lowest BCUT2D eigenvalue weighted by molar-refractivity contribution is -0.132. The summed E-state index contributed by atoms with van der Waals surface area (Å²) in [5, 5.41) is 13.2. The van der Waals surface area contributed by atoms with Crippen LogP contribution in [0.1, 0.15) is 30.6 Å². The Morgan fingerprint density at radius 2 is 1.62 bits per heavy atom. The Morgan fingerprint density at radius 3 is 2.21 bits per heavy atom. The van der Waals surface area contributed by atoms with Crippen LogP contribution in [0.25, 0.3) is 0 Å². The van der Waals surface area contributed by atoms with Crippen molar-refractivity contribution >= 4 is 11.9 Å². The normalized spacial score (nSPS) is 21.7. The molecule has 2 atom stereocenters. The van der Waals surface area contributed by atoms with E-state index in [9.17, 15) is 14.7 Å². The van der Waals surface area contributed by atoms with Crippen molar-refractivity contribution in [3.63, 3.8) is 0 Å². The van der Waals surface area contributed by atoms with Crippen molar-refractivity contribution < 1.29 is 14.7 Å². The second-order valence-electron chi connectivity index (χ2n) is 5.90. The van der Waals surface area contributed by atoms with Gasteiger partial charge in [0.1, 0.15) is 5.54 Å². The molecule has 1 aliphatic rings. The molecule has 1 fully saturated rings. The quantitative estimate of drug-likeness (QED) is 0.831. The third-order valence-corrected chi connectivity index (χ3v) is 4.51. The van der Waals surface area contributed by atoms with E-state index >= 15 is 0 Å². The van der Waals surface area contributed by atoms with Gasteiger partial charge in [0, 0.05) is 0 Å². The Hall–Kier alpha value is -2.66. The molecule has 0 aromatic heterocycles. The average molecular weight is 324 g/mol. The minimum absolute atomic E-state index is 0.0662. The minimum Gasteiger partial charge on any atom is -0.387 e. The van der Waals surface area contributed by atoms with Crippen LogP contribution in [0.15, 0.2) is 60.7 Å². The lowest BCUT2D eigenvalue weighted by Gasteiger charge is -2.26. The predicted octanol–water partition coefficient (Wildman–Crippen LogP) is 2.58. The van der Waals surface area contributed by atoms with Crippen molar-refractivity contribution in [1.82, 2.24) is 10.2 Å². The number of carbonyl (C=O) groups is 2. The number of amides is 3. The monoisotopic (exact) mass is 324 g/mol. The summed E-state index contributed by atoms with van der Waals surface area (Å²) in [6.07, 6.45) is -0.469. The highest BCUT2D eigenvalue weighted by molar-refractivity contribution is 6.07. The third-order valence-electron chi connectivity index (χ3n) is 4.51. The van der Waals surface area contributed by atoms with Gasteiger partial charge in [-0.25, -0.2) is 4.79 Å². The van der Waals surface area contributed by atoms with Gasteiger partial charge in [-0.3, -0.25) is 9.69 Å². The first-order chi connectivity index (χ1) is 11.6. The largest absolute Gasteiger partial charge is 0.387 e. The lowest BCUT2D eigenvalue weighted by Crippen LogP contribution is -2.43. The molecule has 3 rings (SSSR count). The summed E-state index contributed by atoms with van der Waals surface area (Å²) in [5.74, 6) is -0.323. The molecule has 2 aromatic carbocycles. The van der Waals surface area contributed by atoms with Crippen LogP contribution in [0.5, 0.6) is 0 Å². The van der Waals surface area contributed by atoms with Crippen LogP contribution in [0, 0.1) is 0 Å². The molecule has 0 aliphatic carbocycles. The number of hydrogen-bond donors (Lipinski definition) is 2. The highest BCUT2D eigenvalue weighted by Crippen LogP contribution is 2.33. The smallest absolute Gasteiger partial charge is 0.325 e. The number of urea groups is 1. The zero-order valence-corrected chi connectivity index (χ0v) is 13.5. The molecule has 0 radical (unpaired) electrons. The Bertz CT molecular complexity index is 733. The van der Waals surface area contributed by atoms with Gasteiger partial charge >= 0.3 is 6.03 Å². The van der Waals surface area contributed by atoms with Gasteiger partial charge in [-0.1, -0.05) is 67.6 Å². The number of nitrogens with zero attached hydrogens (tertiary/aromatic N) is 1. The molecule has 3 amide bonds. The molecule has 0 saturated carbocycles. The number of β-amino-alcohol motifs (C(OH)–C–C–N with tert-alkyl or cyclic N) is 1. The summed E-state index contributed by atoms with van der Waals surface area (Å²) in [7, 11) is 0. The van der Waals surface area contributed by atoms with Crippen LogP contribution in [-0.4, -0.2) is 28.5 Å². The number of nitrogens with one attached hydrogen (secondary N) is 1. The van der Waals surface area contributed by atoms with E-state index in [0.717, 1.165) is 10.5 Å². The molecule has 1 saturated heterocycles. The first kappa shape index (κ1) is 16.2. The topological polar surface area (TPSA) is 69.6 Å². The van der Waals surface area contributed by atoms with E-state index in [1.165, 1.54) is 0 Å². The minimum atomic E-state index is -1.06. The fraction of sp³-hybridized carbons (Fsp3) is 0.263. The van der Waals surface area contributed by atoms with E-state index in [-0.39, 0.29) is 12.5 Å². The van der Waals surface area contributed by atoms with Crippen LogP contribution in [0.2, 0.25) is 0 Å². The van der Waals surface area contributed by atoms with Gasteiger partial charge in [0.15, 0.2) is 0 Å². The third kappa shape index (κ3) is 2.67. The second kappa shape index (κ2) is 6.45. The zero-order valence-electron chi connectivity index (χ0n) is 13.5. The highest BCUT2D eigenvalue weighted by Gasteiger charge is 2.51. The van der Waals surface area contributed by atoms with Crippen molar-refractivity contribution in [2.45, 2.75) is 25.0 Å². The standard InChI is InChI=1S/C19H20N2O3/c1-2-19(15-11-7-4-8-12-15)17(23)21(18(24)20-19)13-16(22)14-9-5-3-6-10-14/h3-12,16,22H,2,13H2,1H3,(H,20,24)/t16-,19+/m0/s1. The lowest BCUT2D eigenvalue weighted by atomic mass is 9.87. The van der Waals surface area contributed by atoms with Gasteiger partial charge < -0.3 is 10.4 Å². The van der Waals surface area contributed by atoms with Crippen molar-refractivity contribution in [3.05, 3.63) is 71.8 Å². The number of carbonyl (C=O) groups excluding carboxylic acids is 2. The van der Waals surface area contributed by atoms with Gasteiger partial charge in [-0.2, -0.15) is 0 Å². The van der Waals surface area contributed by atoms with Crippen LogP contribution in [0.4, 0.5) is 4.79 Å². The first-order valence-corrected chi connectivity index (χ1v) is 8.01. The maximum Gasteiger partial charge on any atom is 0.325 e. The zero-order chi connectivity index (χ0) is 17.2. The average Bonchev–Trinajstić information content (AvgIpc) is 2.88. The molecular formula is C19H20N2O3. The molecule has 1 aliphatic heterocycles. The summed E-state index contributed by atoms with van der Waals surface area (Å²) < 4.78 is 0. The Morgan fingerprint density at radius 1 is 1.04 bits per heavy atom.